The van der Waals surface area contributed by atoms with Crippen LogP contribution in [0.4, 0.5) is 5.69 Å². The molecule has 0 saturated carbocycles. The molecule has 0 atom stereocenters. The molecule has 0 saturated heterocycles. The molecule has 0 radical (unpaired) electrons. The Morgan fingerprint density at radius 3 is 2.40 bits per heavy atom. The molecule has 1 N–H and O–H groups in total. The van der Waals surface area contributed by atoms with Gasteiger partial charge in [-0.1, -0.05) is 26.0 Å². The van der Waals surface area contributed by atoms with Crippen LogP contribution in [0.25, 0.3) is 0 Å². The highest BCUT2D eigenvalue weighted by atomic mass is 32.2. The zero-order chi connectivity index (χ0) is 21.7. The normalized spacial score (nSPS) is 14.3. The average Bonchev–Trinajstić information content (AvgIpc) is 3.01. The highest BCUT2D eigenvalue weighted by Crippen LogP contribution is 2.27. The van der Waals surface area contributed by atoms with Crippen molar-refractivity contribution < 1.29 is 17.9 Å². The quantitative estimate of drug-likeness (QED) is 0.694. The van der Waals surface area contributed by atoms with E-state index in [0.29, 0.717) is 30.0 Å². The van der Waals surface area contributed by atoms with Gasteiger partial charge in [0.05, 0.1) is 6.61 Å². The van der Waals surface area contributed by atoms with Crippen LogP contribution >= 0.6 is 0 Å². The molecule has 7 nitrogen and oxygen atoms in total. The third-order valence-corrected chi connectivity index (χ3v) is 6.54. The van der Waals surface area contributed by atoms with Gasteiger partial charge in [-0.05, 0) is 49.2 Å². The smallest absolute Gasteiger partial charge is 0.285 e. The highest BCUT2D eigenvalue weighted by Gasteiger charge is 2.28. The summed E-state index contributed by atoms with van der Waals surface area (Å²) in [5, 5.41) is 3.05. The second-order valence-electron chi connectivity index (χ2n) is 7.08. The zero-order valence-electron chi connectivity index (χ0n) is 17.5. The lowest BCUT2D eigenvalue weighted by Crippen LogP contribution is -2.41. The summed E-state index contributed by atoms with van der Waals surface area (Å²) < 4.78 is 33.4. The van der Waals surface area contributed by atoms with Crippen LogP contribution in [0.3, 0.4) is 0 Å². The summed E-state index contributed by atoms with van der Waals surface area (Å²) in [6, 6.07) is 13.8. The van der Waals surface area contributed by atoms with Crippen molar-refractivity contribution in [2.45, 2.75) is 37.6 Å². The van der Waals surface area contributed by atoms with Gasteiger partial charge < -0.3 is 15.0 Å². The lowest BCUT2D eigenvalue weighted by atomic mass is 10.1. The number of amidine groups is 1. The molecule has 0 bridgehead atoms. The van der Waals surface area contributed by atoms with Gasteiger partial charge in [0.1, 0.15) is 4.90 Å². The summed E-state index contributed by atoms with van der Waals surface area (Å²) in [4.78, 5) is 15.1. The topological polar surface area (TPSA) is 88.1 Å². The average molecular weight is 430 g/mol. The van der Waals surface area contributed by atoms with Crippen molar-refractivity contribution in [3.05, 3.63) is 59.7 Å². The molecule has 2 aromatic rings. The maximum atomic E-state index is 13.1. The SMILES string of the molecule is CCC(CC)N(CCOC)C(=O)c1ccc(NC2=NS(=O)(=O)c3ccccc32)cc1. The van der Waals surface area contributed by atoms with Gasteiger partial charge in [0, 0.05) is 36.5 Å². The van der Waals surface area contributed by atoms with Crippen LogP contribution in [0.2, 0.25) is 0 Å². The van der Waals surface area contributed by atoms with Gasteiger partial charge in [-0.2, -0.15) is 8.42 Å². The molecule has 1 aliphatic heterocycles. The minimum absolute atomic E-state index is 0.0431. The largest absolute Gasteiger partial charge is 0.383 e. The van der Waals surface area contributed by atoms with Gasteiger partial charge in [-0.3, -0.25) is 4.79 Å². The molecule has 1 heterocycles. The summed E-state index contributed by atoms with van der Waals surface area (Å²) in [5.74, 6) is 0.238. The van der Waals surface area contributed by atoms with Crippen LogP contribution in [0.5, 0.6) is 0 Å². The number of nitrogens with zero attached hydrogens (tertiary/aromatic N) is 2. The number of methoxy groups -OCH3 is 1. The summed E-state index contributed by atoms with van der Waals surface area (Å²) in [7, 11) is -2.05. The van der Waals surface area contributed by atoms with Crippen LogP contribution < -0.4 is 5.32 Å². The second-order valence-corrected chi connectivity index (χ2v) is 8.65. The number of sulfonamides is 1. The number of fused-ring (bicyclic) bond motifs is 1. The van der Waals surface area contributed by atoms with E-state index in [9.17, 15) is 13.2 Å². The number of carbonyl (C=O) groups excluding carboxylic acids is 1. The van der Waals surface area contributed by atoms with Crippen molar-refractivity contribution >= 4 is 27.5 Å². The van der Waals surface area contributed by atoms with E-state index in [1.54, 1.807) is 49.6 Å². The Hall–Kier alpha value is -2.71. The number of hydrogen-bond donors (Lipinski definition) is 1. The molecule has 160 valence electrons. The van der Waals surface area contributed by atoms with E-state index < -0.39 is 10.0 Å². The van der Waals surface area contributed by atoms with Gasteiger partial charge in [0.25, 0.3) is 15.9 Å². The van der Waals surface area contributed by atoms with Crippen molar-refractivity contribution in [3.8, 4) is 0 Å². The number of anilines is 1. The zero-order valence-corrected chi connectivity index (χ0v) is 18.3. The molecule has 2 aromatic carbocycles. The predicted molar refractivity (Wildman–Crippen MR) is 118 cm³/mol. The Bertz CT molecular complexity index is 1030. The van der Waals surface area contributed by atoms with Crippen LogP contribution in [0, 0.1) is 0 Å². The Labute approximate surface area is 177 Å². The van der Waals surface area contributed by atoms with Crippen molar-refractivity contribution in [1.29, 1.82) is 0 Å². The van der Waals surface area contributed by atoms with Gasteiger partial charge >= 0.3 is 0 Å². The van der Waals surface area contributed by atoms with E-state index in [2.05, 4.69) is 23.6 Å². The Morgan fingerprint density at radius 2 is 1.77 bits per heavy atom. The first-order valence-electron chi connectivity index (χ1n) is 10.0. The number of carbonyl (C=O) groups is 1. The first kappa shape index (κ1) is 22.0. The Kier molecular flexibility index (Phi) is 6.89. The van der Waals surface area contributed by atoms with E-state index in [-0.39, 0.29) is 22.7 Å². The lowest BCUT2D eigenvalue weighted by molar-refractivity contribution is 0.0589. The first-order chi connectivity index (χ1) is 14.4. The van der Waals surface area contributed by atoms with Crippen molar-refractivity contribution in [1.82, 2.24) is 4.90 Å². The molecule has 0 aliphatic carbocycles. The van der Waals surface area contributed by atoms with Crippen LogP contribution in [0.1, 0.15) is 42.6 Å². The minimum atomic E-state index is -3.68. The fourth-order valence-corrected chi connectivity index (χ4v) is 4.74. The van der Waals surface area contributed by atoms with Crippen LogP contribution in [-0.2, 0) is 14.8 Å². The number of benzene rings is 2. The van der Waals surface area contributed by atoms with Crippen molar-refractivity contribution in [3.63, 3.8) is 0 Å². The van der Waals surface area contributed by atoms with Gasteiger partial charge in [0.15, 0.2) is 5.84 Å². The molecule has 30 heavy (non-hydrogen) atoms. The molecule has 1 amide bonds. The monoisotopic (exact) mass is 429 g/mol. The molecule has 0 aromatic heterocycles. The standard InChI is InChI=1S/C22H27N3O4S/c1-4-18(5-2)25(14-15-29-3)22(26)16-10-12-17(13-11-16)23-21-19-8-6-7-9-20(19)30(27,28)24-21/h6-13,18H,4-5,14-15H2,1-3H3,(H,23,24). The van der Waals surface area contributed by atoms with E-state index in [0.717, 1.165) is 12.8 Å². The molecule has 0 spiro atoms. The molecule has 0 fully saturated rings. The molecular formula is C22H27N3O4S. The first-order valence-corrected chi connectivity index (χ1v) is 11.5. The number of hydrogen-bond acceptors (Lipinski definition) is 5. The fraction of sp³-hybridized carbons (Fsp3) is 0.364. The lowest BCUT2D eigenvalue weighted by Gasteiger charge is -2.30. The Morgan fingerprint density at radius 1 is 1.10 bits per heavy atom. The third kappa shape index (κ3) is 4.55. The minimum Gasteiger partial charge on any atom is -0.383 e. The molecule has 3 rings (SSSR count). The summed E-state index contributed by atoms with van der Waals surface area (Å²) in [6.45, 7) is 5.16. The van der Waals surface area contributed by atoms with E-state index in [4.69, 9.17) is 4.74 Å². The molecular weight excluding hydrogens is 402 g/mol. The second kappa shape index (κ2) is 9.40. The summed E-state index contributed by atoms with van der Waals surface area (Å²) >= 11 is 0. The third-order valence-electron chi connectivity index (χ3n) is 5.21. The van der Waals surface area contributed by atoms with E-state index in [1.807, 2.05) is 4.90 Å². The molecule has 1 aliphatic rings. The van der Waals surface area contributed by atoms with Gasteiger partial charge in [-0.15, -0.1) is 4.40 Å². The summed E-state index contributed by atoms with van der Waals surface area (Å²) in [5.41, 5.74) is 1.77. The number of amides is 1. The summed E-state index contributed by atoms with van der Waals surface area (Å²) in [6.07, 6.45) is 1.75. The van der Waals surface area contributed by atoms with Crippen molar-refractivity contribution in [2.24, 2.45) is 4.40 Å². The Balaban J connectivity index is 1.79. The molecule has 0 unspecified atom stereocenters. The van der Waals surface area contributed by atoms with E-state index >= 15 is 0 Å². The van der Waals surface area contributed by atoms with E-state index in [1.165, 1.54) is 6.07 Å². The highest BCUT2D eigenvalue weighted by molar-refractivity contribution is 7.90. The number of rotatable bonds is 8. The van der Waals surface area contributed by atoms with Gasteiger partial charge in [-0.25, -0.2) is 0 Å². The van der Waals surface area contributed by atoms with Gasteiger partial charge in [0.2, 0.25) is 0 Å². The number of ether oxygens (including phenoxy) is 1. The van der Waals surface area contributed by atoms with Crippen LogP contribution in [0.15, 0.2) is 57.8 Å². The van der Waals surface area contributed by atoms with Crippen LogP contribution in [-0.4, -0.2) is 51.4 Å². The fourth-order valence-electron chi connectivity index (χ4n) is 3.56. The van der Waals surface area contributed by atoms with Crippen molar-refractivity contribution in [2.75, 3.05) is 25.6 Å². The maximum absolute atomic E-state index is 13.1. The molecule has 8 heteroatoms. The maximum Gasteiger partial charge on any atom is 0.285 e. The number of nitrogens with one attached hydrogen (secondary N) is 1. The predicted octanol–water partition coefficient (Wildman–Crippen LogP) is 3.52.